The first-order valence-corrected chi connectivity index (χ1v) is 7.20. The van der Waals surface area contributed by atoms with Gasteiger partial charge < -0.3 is 11.1 Å². The maximum atomic E-state index is 5.82. The third-order valence-corrected chi connectivity index (χ3v) is 3.69. The molecule has 0 aliphatic heterocycles. The van der Waals surface area contributed by atoms with E-state index < -0.39 is 0 Å². The summed E-state index contributed by atoms with van der Waals surface area (Å²) in [6.45, 7) is 2.03. The van der Waals surface area contributed by atoms with Crippen molar-refractivity contribution < 1.29 is 0 Å². The van der Waals surface area contributed by atoms with E-state index >= 15 is 0 Å². The van der Waals surface area contributed by atoms with Crippen LogP contribution in [0, 0.1) is 6.92 Å². The Morgan fingerprint density at radius 3 is 2.48 bits per heavy atom. The summed E-state index contributed by atoms with van der Waals surface area (Å²) >= 11 is 5.14. The predicted octanol–water partition coefficient (Wildman–Crippen LogP) is 4.53. The van der Waals surface area contributed by atoms with Gasteiger partial charge in [-0.05, 0) is 42.0 Å². The highest BCUT2D eigenvalue weighted by molar-refractivity contribution is 7.80. The molecule has 0 amide bonds. The van der Waals surface area contributed by atoms with Crippen molar-refractivity contribution >= 4 is 39.4 Å². The smallest absolute Gasteiger partial charge is 0.106 e. The van der Waals surface area contributed by atoms with Crippen molar-refractivity contribution in [2.45, 2.75) is 6.92 Å². The minimum atomic E-state index is 0.405. The van der Waals surface area contributed by atoms with Crippen LogP contribution in [0.3, 0.4) is 0 Å². The highest BCUT2D eigenvalue weighted by Gasteiger charge is 2.06. The monoisotopic (exact) mass is 292 g/mol. The lowest BCUT2D eigenvalue weighted by Gasteiger charge is -2.12. The molecule has 3 heteroatoms. The summed E-state index contributed by atoms with van der Waals surface area (Å²) in [6.07, 6.45) is 0. The maximum Gasteiger partial charge on any atom is 0.106 e. The van der Waals surface area contributed by atoms with E-state index in [2.05, 4.69) is 35.6 Å². The van der Waals surface area contributed by atoms with Gasteiger partial charge in [0.25, 0.3) is 0 Å². The predicted molar refractivity (Wildman–Crippen MR) is 94.3 cm³/mol. The lowest BCUT2D eigenvalue weighted by molar-refractivity contribution is 1.44. The Morgan fingerprint density at radius 2 is 1.71 bits per heavy atom. The zero-order chi connectivity index (χ0) is 14.8. The van der Waals surface area contributed by atoms with Crippen LogP contribution in [0.5, 0.6) is 0 Å². The van der Waals surface area contributed by atoms with E-state index in [4.69, 9.17) is 18.0 Å². The third kappa shape index (κ3) is 2.88. The average molecular weight is 292 g/mol. The number of rotatable bonds is 3. The lowest BCUT2D eigenvalue weighted by Crippen LogP contribution is -2.12. The van der Waals surface area contributed by atoms with Gasteiger partial charge in [0.1, 0.15) is 4.99 Å². The molecule has 2 nitrogen and oxygen atoms in total. The molecule has 0 aliphatic carbocycles. The van der Waals surface area contributed by atoms with Crippen LogP contribution in [0.25, 0.3) is 10.8 Å². The normalized spacial score (nSPS) is 10.5. The first kappa shape index (κ1) is 13.6. The van der Waals surface area contributed by atoms with Crippen LogP contribution in [0.1, 0.15) is 11.1 Å². The number of anilines is 2. The standard InChI is InChI=1S/C18H16N2S/c1-12-6-9-17(16(10-12)18(19)21)20-15-8-7-13-4-2-3-5-14(13)11-15/h2-11,20H,1H3,(H2,19,21). The van der Waals surface area contributed by atoms with Crippen molar-refractivity contribution in [2.24, 2.45) is 5.73 Å². The molecule has 0 unspecified atom stereocenters. The van der Waals surface area contributed by atoms with Gasteiger partial charge in [0, 0.05) is 16.9 Å². The number of aryl methyl sites for hydroxylation is 1. The summed E-state index contributed by atoms with van der Waals surface area (Å²) in [6, 6.07) is 20.6. The number of benzene rings is 3. The molecule has 0 heterocycles. The van der Waals surface area contributed by atoms with Gasteiger partial charge in [-0.2, -0.15) is 0 Å². The van der Waals surface area contributed by atoms with E-state index in [-0.39, 0.29) is 0 Å². The average Bonchev–Trinajstić information content (AvgIpc) is 2.49. The van der Waals surface area contributed by atoms with Crippen LogP contribution in [0.2, 0.25) is 0 Å². The second kappa shape index (κ2) is 5.54. The van der Waals surface area contributed by atoms with Crippen LogP contribution >= 0.6 is 12.2 Å². The summed E-state index contributed by atoms with van der Waals surface area (Å²) < 4.78 is 0. The van der Waals surface area contributed by atoms with Crippen molar-refractivity contribution in [3.63, 3.8) is 0 Å². The first-order valence-electron chi connectivity index (χ1n) is 6.80. The number of hydrogen-bond acceptors (Lipinski definition) is 2. The number of fused-ring (bicyclic) bond motifs is 1. The maximum absolute atomic E-state index is 5.82. The Hall–Kier alpha value is -2.39. The Bertz CT molecular complexity index is 824. The first-order chi connectivity index (χ1) is 10.1. The minimum Gasteiger partial charge on any atom is -0.389 e. The van der Waals surface area contributed by atoms with Crippen molar-refractivity contribution in [3.8, 4) is 0 Å². The molecular weight excluding hydrogens is 276 g/mol. The van der Waals surface area contributed by atoms with Gasteiger partial charge in [0.15, 0.2) is 0 Å². The molecular formula is C18H16N2S. The van der Waals surface area contributed by atoms with Crippen LogP contribution in [0.15, 0.2) is 60.7 Å². The Labute approximate surface area is 129 Å². The zero-order valence-corrected chi connectivity index (χ0v) is 12.6. The Kier molecular flexibility index (Phi) is 3.59. The van der Waals surface area contributed by atoms with Gasteiger partial charge in [-0.15, -0.1) is 0 Å². The molecule has 0 aromatic heterocycles. The van der Waals surface area contributed by atoms with E-state index in [1.54, 1.807) is 0 Å². The van der Waals surface area contributed by atoms with Gasteiger partial charge in [0.2, 0.25) is 0 Å². The third-order valence-electron chi connectivity index (χ3n) is 3.47. The van der Waals surface area contributed by atoms with E-state index in [1.165, 1.54) is 10.8 Å². The molecule has 0 saturated heterocycles. The summed E-state index contributed by atoms with van der Waals surface area (Å²) in [5.74, 6) is 0. The zero-order valence-electron chi connectivity index (χ0n) is 11.8. The molecule has 104 valence electrons. The summed E-state index contributed by atoms with van der Waals surface area (Å²) in [7, 11) is 0. The second-order valence-electron chi connectivity index (χ2n) is 5.10. The minimum absolute atomic E-state index is 0.405. The quantitative estimate of drug-likeness (QED) is 0.697. The Morgan fingerprint density at radius 1 is 0.952 bits per heavy atom. The van der Waals surface area contributed by atoms with E-state index in [0.717, 1.165) is 22.5 Å². The molecule has 3 aromatic rings. The van der Waals surface area contributed by atoms with Crippen LogP contribution < -0.4 is 11.1 Å². The molecule has 0 atom stereocenters. The summed E-state index contributed by atoms with van der Waals surface area (Å²) in [5, 5.41) is 5.83. The lowest BCUT2D eigenvalue weighted by atomic mass is 10.1. The molecule has 0 saturated carbocycles. The van der Waals surface area contributed by atoms with E-state index in [9.17, 15) is 0 Å². The van der Waals surface area contributed by atoms with Gasteiger partial charge >= 0.3 is 0 Å². The van der Waals surface area contributed by atoms with Crippen LogP contribution in [-0.4, -0.2) is 4.99 Å². The van der Waals surface area contributed by atoms with Gasteiger partial charge in [-0.1, -0.05) is 54.2 Å². The fourth-order valence-electron chi connectivity index (χ4n) is 2.39. The van der Waals surface area contributed by atoms with Crippen molar-refractivity contribution in [1.82, 2.24) is 0 Å². The van der Waals surface area contributed by atoms with Gasteiger partial charge in [0.05, 0.1) is 0 Å². The number of thiocarbonyl (C=S) groups is 1. The SMILES string of the molecule is Cc1ccc(Nc2ccc3ccccc3c2)c(C(N)=S)c1. The van der Waals surface area contributed by atoms with Crippen LogP contribution in [0.4, 0.5) is 11.4 Å². The Balaban J connectivity index is 2.00. The molecule has 0 radical (unpaired) electrons. The van der Waals surface area contributed by atoms with Crippen molar-refractivity contribution in [2.75, 3.05) is 5.32 Å². The molecule has 21 heavy (non-hydrogen) atoms. The van der Waals surface area contributed by atoms with Gasteiger partial charge in [-0.3, -0.25) is 0 Å². The summed E-state index contributed by atoms with van der Waals surface area (Å²) in [4.78, 5) is 0.405. The fourth-order valence-corrected chi connectivity index (χ4v) is 2.56. The number of nitrogens with two attached hydrogens (primary N) is 1. The number of hydrogen-bond donors (Lipinski definition) is 2. The molecule has 0 bridgehead atoms. The van der Waals surface area contributed by atoms with Crippen molar-refractivity contribution in [3.05, 3.63) is 71.8 Å². The molecule has 3 N–H and O–H groups in total. The molecule has 3 rings (SSSR count). The van der Waals surface area contributed by atoms with Crippen LogP contribution in [-0.2, 0) is 0 Å². The van der Waals surface area contributed by atoms with Crippen molar-refractivity contribution in [1.29, 1.82) is 0 Å². The van der Waals surface area contributed by atoms with Gasteiger partial charge in [-0.25, -0.2) is 0 Å². The van der Waals surface area contributed by atoms with E-state index in [0.29, 0.717) is 4.99 Å². The highest BCUT2D eigenvalue weighted by atomic mass is 32.1. The number of nitrogens with one attached hydrogen (secondary N) is 1. The fraction of sp³-hybridized carbons (Fsp3) is 0.0556. The molecule has 0 aliphatic rings. The summed E-state index contributed by atoms with van der Waals surface area (Å²) in [5.41, 5.74) is 9.79. The second-order valence-corrected chi connectivity index (χ2v) is 5.54. The van der Waals surface area contributed by atoms with E-state index in [1.807, 2.05) is 37.3 Å². The largest absolute Gasteiger partial charge is 0.389 e. The topological polar surface area (TPSA) is 38.0 Å². The molecule has 3 aromatic carbocycles. The molecule has 0 spiro atoms. The molecule has 0 fully saturated rings. The highest BCUT2D eigenvalue weighted by Crippen LogP contribution is 2.25.